The molecule has 0 amide bonds. The second-order valence-electron chi connectivity index (χ2n) is 4.11. The molecule has 1 aromatic heterocycles. The molecule has 1 aromatic carbocycles. The van der Waals surface area contributed by atoms with Gasteiger partial charge in [0.15, 0.2) is 0 Å². The fourth-order valence-corrected chi connectivity index (χ4v) is 1.72. The Bertz CT molecular complexity index is 521. The molecule has 0 saturated carbocycles. The summed E-state index contributed by atoms with van der Waals surface area (Å²) in [6.07, 6.45) is 0. The quantitative estimate of drug-likeness (QED) is 0.771. The van der Waals surface area contributed by atoms with Crippen LogP contribution >= 0.6 is 0 Å². The largest absolute Gasteiger partial charge is 0.480 e. The van der Waals surface area contributed by atoms with Gasteiger partial charge >= 0.3 is 0 Å². The Hall–Kier alpha value is -1.77. The zero-order valence-electron chi connectivity index (χ0n) is 10.1. The highest BCUT2D eigenvalue weighted by Crippen LogP contribution is 2.27. The SMILES string of the molecule is COc1nc(N(C)C)cc2cc(C)ccc12. The maximum absolute atomic E-state index is 5.32. The first-order valence-corrected chi connectivity index (χ1v) is 5.24. The smallest absolute Gasteiger partial charge is 0.223 e. The molecule has 3 heteroatoms. The third-order valence-electron chi connectivity index (χ3n) is 2.59. The molecule has 0 radical (unpaired) electrons. The number of rotatable bonds is 2. The van der Waals surface area contributed by atoms with Crippen LogP contribution in [0.25, 0.3) is 10.8 Å². The van der Waals surface area contributed by atoms with E-state index in [1.54, 1.807) is 7.11 Å². The summed E-state index contributed by atoms with van der Waals surface area (Å²) < 4.78 is 5.32. The molecule has 0 aliphatic carbocycles. The van der Waals surface area contributed by atoms with E-state index < -0.39 is 0 Å². The molecule has 2 rings (SSSR count). The Morgan fingerprint density at radius 1 is 1.19 bits per heavy atom. The van der Waals surface area contributed by atoms with E-state index in [0.717, 1.165) is 16.6 Å². The molecule has 0 atom stereocenters. The van der Waals surface area contributed by atoms with Gasteiger partial charge in [-0.05, 0) is 24.4 Å². The number of aryl methyl sites for hydroxylation is 1. The van der Waals surface area contributed by atoms with E-state index in [0.29, 0.717) is 5.88 Å². The van der Waals surface area contributed by atoms with Gasteiger partial charge in [0.1, 0.15) is 5.82 Å². The Morgan fingerprint density at radius 2 is 1.94 bits per heavy atom. The molecular formula is C13H16N2O. The van der Waals surface area contributed by atoms with Gasteiger partial charge in [0.05, 0.1) is 7.11 Å². The molecule has 2 aromatic rings. The van der Waals surface area contributed by atoms with Gasteiger partial charge < -0.3 is 9.64 Å². The number of aromatic nitrogens is 1. The van der Waals surface area contributed by atoms with Crippen molar-refractivity contribution in [1.82, 2.24) is 4.98 Å². The number of benzene rings is 1. The van der Waals surface area contributed by atoms with Crippen LogP contribution in [0.4, 0.5) is 5.82 Å². The van der Waals surface area contributed by atoms with Crippen molar-refractivity contribution in [3.8, 4) is 5.88 Å². The summed E-state index contributed by atoms with van der Waals surface area (Å²) in [5.41, 5.74) is 1.24. The lowest BCUT2D eigenvalue weighted by molar-refractivity contribution is 0.403. The Morgan fingerprint density at radius 3 is 2.56 bits per heavy atom. The van der Waals surface area contributed by atoms with Gasteiger partial charge in [-0.3, -0.25) is 0 Å². The number of hydrogen-bond acceptors (Lipinski definition) is 3. The highest BCUT2D eigenvalue weighted by molar-refractivity contribution is 5.89. The van der Waals surface area contributed by atoms with E-state index in [1.165, 1.54) is 5.56 Å². The van der Waals surface area contributed by atoms with Gasteiger partial charge in [-0.25, -0.2) is 0 Å². The van der Waals surface area contributed by atoms with Crippen LogP contribution in [0.15, 0.2) is 24.3 Å². The standard InChI is InChI=1S/C13H16N2O/c1-9-5-6-11-10(7-9)8-12(15(2)3)14-13(11)16-4/h5-8H,1-4H3. The third kappa shape index (κ3) is 1.81. The number of pyridine rings is 1. The van der Waals surface area contributed by atoms with Gasteiger partial charge in [-0.1, -0.05) is 17.7 Å². The van der Waals surface area contributed by atoms with Gasteiger partial charge in [-0.15, -0.1) is 0 Å². The van der Waals surface area contributed by atoms with Crippen molar-refractivity contribution in [2.45, 2.75) is 6.92 Å². The Labute approximate surface area is 95.7 Å². The minimum atomic E-state index is 0.682. The van der Waals surface area contributed by atoms with Crippen molar-refractivity contribution in [2.75, 3.05) is 26.1 Å². The summed E-state index contributed by atoms with van der Waals surface area (Å²) in [5.74, 6) is 1.59. The summed E-state index contributed by atoms with van der Waals surface area (Å²) in [6.45, 7) is 2.08. The van der Waals surface area contributed by atoms with E-state index in [9.17, 15) is 0 Å². The maximum atomic E-state index is 5.32. The second-order valence-corrected chi connectivity index (χ2v) is 4.11. The molecule has 0 fully saturated rings. The minimum Gasteiger partial charge on any atom is -0.480 e. The highest BCUT2D eigenvalue weighted by Gasteiger charge is 2.07. The molecule has 1 heterocycles. The van der Waals surface area contributed by atoms with E-state index in [1.807, 2.05) is 19.0 Å². The van der Waals surface area contributed by atoms with Gasteiger partial charge in [0.25, 0.3) is 0 Å². The van der Waals surface area contributed by atoms with Crippen molar-refractivity contribution in [1.29, 1.82) is 0 Å². The fraction of sp³-hybridized carbons (Fsp3) is 0.308. The Balaban J connectivity index is 2.73. The van der Waals surface area contributed by atoms with Crippen molar-refractivity contribution in [2.24, 2.45) is 0 Å². The van der Waals surface area contributed by atoms with E-state index in [2.05, 4.69) is 36.2 Å². The van der Waals surface area contributed by atoms with Gasteiger partial charge in [-0.2, -0.15) is 4.98 Å². The first-order valence-electron chi connectivity index (χ1n) is 5.24. The average Bonchev–Trinajstić information content (AvgIpc) is 2.26. The van der Waals surface area contributed by atoms with Crippen LogP contribution in [0.2, 0.25) is 0 Å². The van der Waals surface area contributed by atoms with E-state index in [-0.39, 0.29) is 0 Å². The van der Waals surface area contributed by atoms with E-state index in [4.69, 9.17) is 4.74 Å². The number of nitrogens with zero attached hydrogens (tertiary/aromatic N) is 2. The summed E-state index contributed by atoms with van der Waals surface area (Å²) in [6, 6.07) is 8.34. The summed E-state index contributed by atoms with van der Waals surface area (Å²) in [7, 11) is 5.61. The predicted octanol–water partition coefficient (Wildman–Crippen LogP) is 2.62. The first-order chi connectivity index (χ1) is 7.61. The predicted molar refractivity (Wildman–Crippen MR) is 67.4 cm³/mol. The molecule has 0 aliphatic rings. The maximum Gasteiger partial charge on any atom is 0.223 e. The topological polar surface area (TPSA) is 25.4 Å². The van der Waals surface area contributed by atoms with Gasteiger partial charge in [0, 0.05) is 19.5 Å². The fourth-order valence-electron chi connectivity index (χ4n) is 1.72. The molecule has 0 unspecified atom stereocenters. The second kappa shape index (κ2) is 4.00. The van der Waals surface area contributed by atoms with Crippen molar-refractivity contribution in [3.05, 3.63) is 29.8 Å². The van der Waals surface area contributed by atoms with E-state index >= 15 is 0 Å². The molecule has 0 aliphatic heterocycles. The molecule has 0 spiro atoms. The molecule has 84 valence electrons. The number of methoxy groups -OCH3 is 1. The summed E-state index contributed by atoms with van der Waals surface area (Å²) in [4.78, 5) is 6.43. The molecule has 16 heavy (non-hydrogen) atoms. The third-order valence-corrected chi connectivity index (χ3v) is 2.59. The average molecular weight is 216 g/mol. The number of anilines is 1. The number of hydrogen-bond donors (Lipinski definition) is 0. The number of fused-ring (bicyclic) bond motifs is 1. The molecule has 0 bridgehead atoms. The summed E-state index contributed by atoms with van der Waals surface area (Å²) in [5, 5.41) is 2.22. The van der Waals surface area contributed by atoms with Gasteiger partial charge in [0.2, 0.25) is 5.88 Å². The zero-order chi connectivity index (χ0) is 11.7. The van der Waals surface area contributed by atoms with Crippen LogP contribution in [0, 0.1) is 6.92 Å². The molecule has 3 nitrogen and oxygen atoms in total. The molecular weight excluding hydrogens is 200 g/mol. The molecule has 0 N–H and O–H groups in total. The van der Waals surface area contributed by atoms with Crippen LogP contribution < -0.4 is 9.64 Å². The lowest BCUT2D eigenvalue weighted by atomic mass is 10.1. The van der Waals surface area contributed by atoms with Crippen molar-refractivity contribution in [3.63, 3.8) is 0 Å². The lowest BCUT2D eigenvalue weighted by Crippen LogP contribution is -2.11. The Kier molecular flexibility index (Phi) is 2.69. The lowest BCUT2D eigenvalue weighted by Gasteiger charge is -2.14. The van der Waals surface area contributed by atoms with Crippen LogP contribution in [0.3, 0.4) is 0 Å². The minimum absolute atomic E-state index is 0.682. The first kappa shape index (κ1) is 10.7. The van der Waals surface area contributed by atoms with Crippen LogP contribution in [0.5, 0.6) is 5.88 Å². The van der Waals surface area contributed by atoms with Crippen molar-refractivity contribution >= 4 is 16.6 Å². The number of ether oxygens (including phenoxy) is 1. The van der Waals surface area contributed by atoms with Crippen LogP contribution in [-0.4, -0.2) is 26.2 Å². The summed E-state index contributed by atoms with van der Waals surface area (Å²) >= 11 is 0. The zero-order valence-corrected chi connectivity index (χ0v) is 10.1. The highest BCUT2D eigenvalue weighted by atomic mass is 16.5. The molecule has 0 saturated heterocycles. The van der Waals surface area contributed by atoms with Crippen molar-refractivity contribution < 1.29 is 4.74 Å². The van der Waals surface area contributed by atoms with Crippen LogP contribution in [0.1, 0.15) is 5.56 Å². The monoisotopic (exact) mass is 216 g/mol. The normalized spacial score (nSPS) is 10.5. The van der Waals surface area contributed by atoms with Crippen LogP contribution in [-0.2, 0) is 0 Å².